The number of methoxy groups -OCH3 is 1. The molecule has 6 nitrogen and oxygen atoms in total. The van der Waals surface area contributed by atoms with E-state index < -0.39 is 23.5 Å². The number of fused-ring (bicyclic) bond motifs is 1. The first-order chi connectivity index (χ1) is 12.3. The summed E-state index contributed by atoms with van der Waals surface area (Å²) in [6.45, 7) is 0. The molecule has 0 atom stereocenters. The van der Waals surface area contributed by atoms with Crippen molar-refractivity contribution >= 4 is 38.4 Å². The number of hydrogen-bond donors (Lipinski definition) is 3. The maximum absolute atomic E-state index is 12.8. The number of hydrogen-bond acceptors (Lipinski definition) is 5. The molecule has 3 rings (SSSR count). The monoisotopic (exact) mass is 383 g/mol. The first-order valence-electron chi connectivity index (χ1n) is 7.19. The summed E-state index contributed by atoms with van der Waals surface area (Å²) in [5.41, 5.74) is -0.701. The van der Waals surface area contributed by atoms with Crippen LogP contribution in [0.2, 0.25) is 0 Å². The molecule has 1 heterocycles. The number of alkyl halides is 3. The molecule has 0 saturated heterocycles. The number of aromatic hydroxyl groups is 1. The van der Waals surface area contributed by atoms with Crippen LogP contribution in [0.4, 0.5) is 28.8 Å². The fourth-order valence-corrected chi connectivity index (χ4v) is 3.08. The third-order valence-corrected chi connectivity index (χ3v) is 4.31. The fourth-order valence-electron chi connectivity index (χ4n) is 2.19. The number of carbonyl (C=O) groups is 1. The molecule has 0 spiro atoms. The summed E-state index contributed by atoms with van der Waals surface area (Å²) in [7, 11) is 1.53. The van der Waals surface area contributed by atoms with E-state index in [9.17, 15) is 23.1 Å². The number of phenolic OH excluding ortho intramolecular Hbond substituents is 1. The highest BCUT2D eigenvalue weighted by atomic mass is 32.1. The minimum Gasteiger partial charge on any atom is -0.507 e. The Kier molecular flexibility index (Phi) is 4.60. The van der Waals surface area contributed by atoms with Crippen LogP contribution in [-0.2, 0) is 6.18 Å². The van der Waals surface area contributed by atoms with Crippen LogP contribution in [0.25, 0.3) is 10.2 Å². The summed E-state index contributed by atoms with van der Waals surface area (Å²) in [5, 5.41) is 14.3. The molecule has 0 unspecified atom stereocenters. The average molecular weight is 383 g/mol. The third kappa shape index (κ3) is 3.80. The van der Waals surface area contributed by atoms with Gasteiger partial charge < -0.3 is 15.2 Å². The second-order valence-electron chi connectivity index (χ2n) is 5.16. The Morgan fingerprint density at radius 2 is 1.96 bits per heavy atom. The van der Waals surface area contributed by atoms with E-state index in [-0.39, 0.29) is 10.8 Å². The third-order valence-electron chi connectivity index (χ3n) is 3.38. The molecule has 26 heavy (non-hydrogen) atoms. The number of anilines is 2. The van der Waals surface area contributed by atoms with Crippen LogP contribution in [0.3, 0.4) is 0 Å². The van der Waals surface area contributed by atoms with Gasteiger partial charge in [0.25, 0.3) is 0 Å². The molecule has 1 aromatic heterocycles. The highest BCUT2D eigenvalue weighted by Crippen LogP contribution is 2.37. The standard InChI is InChI=1S/C16H12F3N3O3S/c1-25-9-3-4-11-13(7-9)26-15(21-11)22-14(24)20-8-2-5-12(23)10(6-8)16(17,18)19/h2-7,23H,1H3,(H2,20,21,22,24). The topological polar surface area (TPSA) is 83.5 Å². The molecular weight excluding hydrogens is 371 g/mol. The molecule has 3 aromatic rings. The van der Waals surface area contributed by atoms with E-state index in [4.69, 9.17) is 4.74 Å². The number of phenols is 1. The zero-order valence-electron chi connectivity index (χ0n) is 13.2. The van der Waals surface area contributed by atoms with Crippen molar-refractivity contribution in [3.05, 3.63) is 42.0 Å². The van der Waals surface area contributed by atoms with Crippen molar-refractivity contribution in [3.8, 4) is 11.5 Å². The van der Waals surface area contributed by atoms with E-state index in [2.05, 4.69) is 15.6 Å². The number of urea groups is 1. The fraction of sp³-hybridized carbons (Fsp3) is 0.125. The minimum atomic E-state index is -4.73. The zero-order valence-corrected chi connectivity index (χ0v) is 14.0. The van der Waals surface area contributed by atoms with Gasteiger partial charge in [0.05, 0.1) is 22.9 Å². The zero-order chi connectivity index (χ0) is 18.9. The number of ether oxygens (including phenoxy) is 1. The van der Waals surface area contributed by atoms with Crippen molar-refractivity contribution in [1.29, 1.82) is 0 Å². The lowest BCUT2D eigenvalue weighted by Crippen LogP contribution is -2.19. The van der Waals surface area contributed by atoms with Crippen molar-refractivity contribution in [2.75, 3.05) is 17.7 Å². The number of nitrogens with one attached hydrogen (secondary N) is 2. The van der Waals surface area contributed by atoms with Gasteiger partial charge in [0.2, 0.25) is 0 Å². The lowest BCUT2D eigenvalue weighted by Gasteiger charge is -2.11. The number of amides is 2. The van der Waals surface area contributed by atoms with Gasteiger partial charge >= 0.3 is 12.2 Å². The second-order valence-corrected chi connectivity index (χ2v) is 6.19. The lowest BCUT2D eigenvalue weighted by molar-refractivity contribution is -0.138. The van der Waals surface area contributed by atoms with E-state index in [1.165, 1.54) is 18.4 Å². The van der Waals surface area contributed by atoms with E-state index in [0.29, 0.717) is 17.3 Å². The summed E-state index contributed by atoms with van der Waals surface area (Å²) >= 11 is 1.19. The van der Waals surface area contributed by atoms with Crippen molar-refractivity contribution in [3.63, 3.8) is 0 Å². The van der Waals surface area contributed by atoms with E-state index in [1.54, 1.807) is 18.2 Å². The number of rotatable bonds is 3. The number of benzene rings is 2. The minimum absolute atomic E-state index is 0.115. The van der Waals surface area contributed by atoms with Gasteiger partial charge in [-0.2, -0.15) is 13.2 Å². The first-order valence-corrected chi connectivity index (χ1v) is 8.01. The molecule has 0 aliphatic rings. The molecule has 3 N–H and O–H groups in total. The normalized spacial score (nSPS) is 11.4. The van der Waals surface area contributed by atoms with Crippen LogP contribution in [-0.4, -0.2) is 23.2 Å². The van der Waals surface area contributed by atoms with Crippen molar-refractivity contribution < 1.29 is 27.8 Å². The van der Waals surface area contributed by atoms with E-state index in [0.717, 1.165) is 16.8 Å². The Hall–Kier alpha value is -3.01. The molecular formula is C16H12F3N3O3S. The van der Waals surface area contributed by atoms with E-state index in [1.807, 2.05) is 0 Å². The summed E-state index contributed by atoms with van der Waals surface area (Å²) in [4.78, 5) is 16.2. The Balaban J connectivity index is 1.75. The number of aromatic nitrogens is 1. The average Bonchev–Trinajstić information content (AvgIpc) is 2.96. The lowest BCUT2D eigenvalue weighted by atomic mass is 10.1. The van der Waals surface area contributed by atoms with Crippen LogP contribution in [0.15, 0.2) is 36.4 Å². The predicted molar refractivity (Wildman–Crippen MR) is 91.9 cm³/mol. The molecule has 136 valence electrons. The van der Waals surface area contributed by atoms with Crippen LogP contribution in [0.5, 0.6) is 11.5 Å². The Bertz CT molecular complexity index is 972. The molecule has 2 amide bonds. The Morgan fingerprint density at radius 3 is 2.65 bits per heavy atom. The van der Waals surface area contributed by atoms with Gasteiger partial charge in [0, 0.05) is 5.69 Å². The number of thiazole rings is 1. The van der Waals surface area contributed by atoms with Gasteiger partial charge in [-0.1, -0.05) is 11.3 Å². The van der Waals surface area contributed by atoms with Crippen LogP contribution < -0.4 is 15.4 Å². The molecule has 0 aliphatic carbocycles. The second kappa shape index (κ2) is 6.71. The van der Waals surface area contributed by atoms with Gasteiger partial charge in [-0.15, -0.1) is 0 Å². The van der Waals surface area contributed by atoms with Crippen LogP contribution >= 0.6 is 11.3 Å². The maximum atomic E-state index is 12.8. The largest absolute Gasteiger partial charge is 0.507 e. The van der Waals surface area contributed by atoms with Gasteiger partial charge in [0.15, 0.2) is 5.13 Å². The highest BCUT2D eigenvalue weighted by Gasteiger charge is 2.34. The first kappa shape index (κ1) is 17.8. The molecule has 0 aliphatic heterocycles. The molecule has 2 aromatic carbocycles. The Labute approximate surface area is 149 Å². The van der Waals surface area contributed by atoms with Gasteiger partial charge in [-0.3, -0.25) is 5.32 Å². The van der Waals surface area contributed by atoms with Crippen molar-refractivity contribution in [2.45, 2.75) is 6.18 Å². The molecule has 0 saturated carbocycles. The van der Waals surface area contributed by atoms with Crippen LogP contribution in [0.1, 0.15) is 5.56 Å². The van der Waals surface area contributed by atoms with Gasteiger partial charge in [0.1, 0.15) is 11.5 Å². The maximum Gasteiger partial charge on any atom is 0.420 e. The molecule has 0 fully saturated rings. The Morgan fingerprint density at radius 1 is 1.19 bits per heavy atom. The highest BCUT2D eigenvalue weighted by molar-refractivity contribution is 7.22. The number of carbonyl (C=O) groups excluding carboxylic acids is 1. The SMILES string of the molecule is COc1ccc2nc(NC(=O)Nc3ccc(O)c(C(F)(F)F)c3)sc2c1. The van der Waals surface area contributed by atoms with Gasteiger partial charge in [-0.25, -0.2) is 9.78 Å². The summed E-state index contributed by atoms with van der Waals surface area (Å²) in [6.07, 6.45) is -4.73. The van der Waals surface area contributed by atoms with Crippen molar-refractivity contribution in [1.82, 2.24) is 4.98 Å². The summed E-state index contributed by atoms with van der Waals surface area (Å²) in [6, 6.07) is 7.12. The molecule has 0 bridgehead atoms. The molecule has 0 radical (unpaired) electrons. The number of nitrogens with zero attached hydrogens (tertiary/aromatic N) is 1. The quantitative estimate of drug-likeness (QED) is 0.574. The summed E-state index contributed by atoms with van der Waals surface area (Å²) in [5.74, 6) is -0.274. The van der Waals surface area contributed by atoms with Crippen LogP contribution in [0, 0.1) is 0 Å². The van der Waals surface area contributed by atoms with Gasteiger partial charge in [-0.05, 0) is 36.4 Å². The van der Waals surface area contributed by atoms with E-state index >= 15 is 0 Å². The summed E-state index contributed by atoms with van der Waals surface area (Å²) < 4.78 is 44.2. The van der Waals surface area contributed by atoms with Crippen molar-refractivity contribution in [2.24, 2.45) is 0 Å². The predicted octanol–water partition coefficient (Wildman–Crippen LogP) is 4.67. The molecule has 10 heteroatoms. The smallest absolute Gasteiger partial charge is 0.420 e. The number of halogens is 3.